The molecule has 0 aliphatic heterocycles. The molecule has 0 bridgehead atoms. The molecule has 0 aliphatic rings. The minimum absolute atomic E-state index is 0.197. The van der Waals surface area contributed by atoms with Crippen LogP contribution in [0.25, 0.3) is 0 Å². The molecule has 3 aromatic carbocycles. The third-order valence-electron chi connectivity index (χ3n) is 4.53. The Morgan fingerprint density at radius 1 is 0.815 bits per heavy atom. The van der Waals surface area contributed by atoms with E-state index in [4.69, 9.17) is 23.2 Å². The fraction of sp³-hybridized carbons (Fsp3) is 0.217. The first-order chi connectivity index (χ1) is 13.2. The number of unbranched alkanes of at least 4 members (excludes halogenated alkanes) is 1. The van der Waals surface area contributed by atoms with Crippen LogP contribution in [0.5, 0.6) is 0 Å². The Morgan fingerprint density at radius 2 is 1.41 bits per heavy atom. The zero-order chi connectivity index (χ0) is 19.1. The normalized spacial score (nSPS) is 11.8. The van der Waals surface area contributed by atoms with E-state index in [-0.39, 0.29) is 6.04 Å². The van der Waals surface area contributed by atoms with Crippen LogP contribution >= 0.6 is 23.2 Å². The molecule has 0 radical (unpaired) electrons. The van der Waals surface area contributed by atoms with Gasteiger partial charge in [0.15, 0.2) is 0 Å². The summed E-state index contributed by atoms with van der Waals surface area (Å²) in [4.78, 5) is 0. The van der Waals surface area contributed by atoms with Crippen molar-refractivity contribution in [2.75, 3.05) is 10.4 Å². The van der Waals surface area contributed by atoms with E-state index < -0.39 is 0 Å². The van der Waals surface area contributed by atoms with E-state index in [1.807, 2.05) is 48.5 Å². The lowest BCUT2D eigenvalue weighted by molar-refractivity contribution is 0.572. The fourth-order valence-corrected chi connectivity index (χ4v) is 3.36. The Kier molecular flexibility index (Phi) is 7.03. The molecule has 1 unspecified atom stereocenters. The number of hydrogen-bond acceptors (Lipinski definition) is 2. The second kappa shape index (κ2) is 9.68. The third-order valence-corrected chi connectivity index (χ3v) is 5.03. The van der Waals surface area contributed by atoms with Gasteiger partial charge in [0.2, 0.25) is 0 Å². The van der Waals surface area contributed by atoms with Gasteiger partial charge in [-0.3, -0.25) is 10.4 Å². The maximum atomic E-state index is 6.12. The summed E-state index contributed by atoms with van der Waals surface area (Å²) >= 11 is 12.2. The second-order valence-electron chi connectivity index (χ2n) is 6.53. The molecule has 4 heteroatoms. The van der Waals surface area contributed by atoms with E-state index in [2.05, 4.69) is 47.7 Å². The highest BCUT2D eigenvalue weighted by Gasteiger charge is 2.21. The van der Waals surface area contributed by atoms with E-state index in [9.17, 15) is 0 Å². The second-order valence-corrected chi connectivity index (χ2v) is 7.41. The average molecular weight is 399 g/mol. The number of rotatable bonds is 8. The van der Waals surface area contributed by atoms with Gasteiger partial charge in [-0.15, -0.1) is 0 Å². The maximum absolute atomic E-state index is 6.12. The summed E-state index contributed by atoms with van der Waals surface area (Å²) in [5, 5.41) is 3.68. The van der Waals surface area contributed by atoms with E-state index in [0.717, 1.165) is 40.7 Å². The fourth-order valence-electron chi connectivity index (χ4n) is 3.11. The van der Waals surface area contributed by atoms with Gasteiger partial charge in [0.05, 0.1) is 17.4 Å². The van der Waals surface area contributed by atoms with Crippen LogP contribution in [0.3, 0.4) is 0 Å². The Hall–Kier alpha value is -2.16. The van der Waals surface area contributed by atoms with Crippen molar-refractivity contribution in [3.8, 4) is 0 Å². The zero-order valence-corrected chi connectivity index (χ0v) is 16.9. The van der Waals surface area contributed by atoms with E-state index >= 15 is 0 Å². The number of nitrogens with zero attached hydrogens (tertiary/aromatic N) is 1. The van der Waals surface area contributed by atoms with E-state index in [0.29, 0.717) is 0 Å². The Bertz CT molecular complexity index is 817. The molecule has 27 heavy (non-hydrogen) atoms. The molecule has 0 amide bonds. The summed E-state index contributed by atoms with van der Waals surface area (Å²) in [5.41, 5.74) is 6.92. The zero-order valence-electron chi connectivity index (χ0n) is 15.4. The topological polar surface area (TPSA) is 15.3 Å². The molecule has 140 valence electrons. The van der Waals surface area contributed by atoms with Gasteiger partial charge < -0.3 is 0 Å². The third kappa shape index (κ3) is 5.41. The van der Waals surface area contributed by atoms with Crippen LogP contribution in [-0.2, 0) is 0 Å². The Labute approximate surface area is 171 Å². The van der Waals surface area contributed by atoms with Crippen molar-refractivity contribution < 1.29 is 0 Å². The quantitative estimate of drug-likeness (QED) is 0.390. The molecule has 0 aromatic heterocycles. The lowest BCUT2D eigenvalue weighted by atomic mass is 10.00. The minimum atomic E-state index is 0.197. The maximum Gasteiger partial charge on any atom is 0.0753 e. The predicted molar refractivity (Wildman–Crippen MR) is 118 cm³/mol. The molecule has 3 rings (SSSR count). The lowest BCUT2D eigenvalue weighted by Crippen LogP contribution is -2.34. The number of nitrogens with one attached hydrogen (secondary N) is 1. The number of halogens is 2. The summed E-state index contributed by atoms with van der Waals surface area (Å²) in [6, 6.07) is 26.5. The number of anilines is 2. The number of hydrazine groups is 1. The summed E-state index contributed by atoms with van der Waals surface area (Å²) in [7, 11) is 0. The van der Waals surface area contributed by atoms with Gasteiger partial charge in [-0.05, 0) is 60.5 Å². The highest BCUT2D eigenvalue weighted by atomic mass is 35.5. The standard InChI is InChI=1S/C23H24Cl2N2/c1-2-3-9-23(18-7-5-4-6-8-18)27(22-16-12-20(25)13-17-22)26-21-14-10-19(24)11-15-21/h4-8,10-17,23,26H,2-3,9H2,1H3. The molecule has 2 nitrogen and oxygen atoms in total. The molecule has 0 heterocycles. The van der Waals surface area contributed by atoms with Crippen molar-refractivity contribution in [1.29, 1.82) is 0 Å². The first-order valence-electron chi connectivity index (χ1n) is 9.29. The number of hydrogen-bond donors (Lipinski definition) is 1. The molecule has 0 aliphatic carbocycles. The van der Waals surface area contributed by atoms with Crippen molar-refractivity contribution in [3.63, 3.8) is 0 Å². The van der Waals surface area contributed by atoms with Crippen molar-refractivity contribution >= 4 is 34.6 Å². The first-order valence-corrected chi connectivity index (χ1v) is 10.0. The van der Waals surface area contributed by atoms with E-state index in [1.54, 1.807) is 0 Å². The monoisotopic (exact) mass is 398 g/mol. The Balaban J connectivity index is 1.99. The van der Waals surface area contributed by atoms with Crippen molar-refractivity contribution in [2.24, 2.45) is 0 Å². The summed E-state index contributed by atoms with van der Waals surface area (Å²) in [5.74, 6) is 0. The van der Waals surface area contributed by atoms with Crippen LogP contribution in [-0.4, -0.2) is 0 Å². The molecule has 3 aromatic rings. The molecule has 1 atom stereocenters. The first kappa shape index (κ1) is 19.6. The molecular formula is C23H24Cl2N2. The molecule has 0 fully saturated rings. The predicted octanol–water partition coefficient (Wildman–Crippen LogP) is 7.76. The minimum Gasteiger partial charge on any atom is -0.298 e. The van der Waals surface area contributed by atoms with Crippen LogP contribution < -0.4 is 10.4 Å². The molecule has 0 spiro atoms. The van der Waals surface area contributed by atoms with Gasteiger partial charge in [0.25, 0.3) is 0 Å². The van der Waals surface area contributed by atoms with Gasteiger partial charge >= 0.3 is 0 Å². The average Bonchev–Trinajstić information content (AvgIpc) is 2.70. The van der Waals surface area contributed by atoms with Crippen LogP contribution in [0, 0.1) is 0 Å². The summed E-state index contributed by atoms with van der Waals surface area (Å²) < 4.78 is 0. The van der Waals surface area contributed by atoms with Crippen molar-refractivity contribution in [3.05, 3.63) is 94.5 Å². The van der Waals surface area contributed by atoms with Gasteiger partial charge in [0.1, 0.15) is 0 Å². The highest BCUT2D eigenvalue weighted by Crippen LogP contribution is 2.32. The van der Waals surface area contributed by atoms with Gasteiger partial charge in [0, 0.05) is 10.0 Å². The largest absolute Gasteiger partial charge is 0.298 e. The van der Waals surface area contributed by atoms with Crippen LogP contribution in [0.2, 0.25) is 10.0 Å². The summed E-state index contributed by atoms with van der Waals surface area (Å²) in [6.45, 7) is 2.22. The van der Waals surface area contributed by atoms with E-state index in [1.165, 1.54) is 5.56 Å². The molecule has 0 saturated heterocycles. The lowest BCUT2D eigenvalue weighted by Gasteiger charge is -2.35. The Morgan fingerprint density at radius 3 is 2.00 bits per heavy atom. The molecular weight excluding hydrogens is 375 g/mol. The smallest absolute Gasteiger partial charge is 0.0753 e. The van der Waals surface area contributed by atoms with Crippen LogP contribution in [0.1, 0.15) is 37.8 Å². The summed E-state index contributed by atoms with van der Waals surface area (Å²) in [6.07, 6.45) is 3.34. The van der Waals surface area contributed by atoms with Crippen LogP contribution in [0.15, 0.2) is 78.9 Å². The van der Waals surface area contributed by atoms with Gasteiger partial charge in [-0.2, -0.15) is 0 Å². The number of benzene rings is 3. The van der Waals surface area contributed by atoms with Crippen molar-refractivity contribution in [2.45, 2.75) is 32.2 Å². The molecule has 0 saturated carbocycles. The highest BCUT2D eigenvalue weighted by molar-refractivity contribution is 6.30. The SMILES string of the molecule is CCCCC(c1ccccc1)N(Nc1ccc(Cl)cc1)c1ccc(Cl)cc1. The van der Waals surface area contributed by atoms with Crippen LogP contribution in [0.4, 0.5) is 11.4 Å². The van der Waals surface area contributed by atoms with Crippen molar-refractivity contribution in [1.82, 2.24) is 0 Å². The van der Waals surface area contributed by atoms with Gasteiger partial charge in [-0.25, -0.2) is 0 Å². The van der Waals surface area contributed by atoms with Gasteiger partial charge in [-0.1, -0.05) is 73.3 Å². The molecule has 1 N–H and O–H groups in total.